The number of carbonyl (C=O) groups excluding carboxylic acids is 2. The van der Waals surface area contributed by atoms with E-state index < -0.39 is 29.6 Å². The van der Waals surface area contributed by atoms with Crippen LogP contribution >= 0.6 is 0 Å². The molecule has 4 atom stereocenters. The Morgan fingerprint density at radius 2 is 1.93 bits per heavy atom. The van der Waals surface area contributed by atoms with Gasteiger partial charge in [0.05, 0.1) is 24.6 Å². The van der Waals surface area contributed by atoms with Gasteiger partial charge in [-0.1, -0.05) is 42.5 Å². The van der Waals surface area contributed by atoms with E-state index in [1.165, 1.54) is 4.90 Å². The Balaban J connectivity index is 1.34. The molecule has 0 bridgehead atoms. The van der Waals surface area contributed by atoms with Gasteiger partial charge >= 0.3 is 12.0 Å². The minimum Gasteiger partial charge on any atom is -0.496 e. The number of carboxylic acids is 1. The number of ether oxygens (including phenoxy) is 2. The molecular formula is C33H37N5O6. The van der Waals surface area contributed by atoms with Gasteiger partial charge in [-0.3, -0.25) is 4.79 Å². The average Bonchev–Trinajstić information content (AvgIpc) is 3.56. The highest BCUT2D eigenvalue weighted by Gasteiger charge is 2.61. The van der Waals surface area contributed by atoms with E-state index in [0.717, 1.165) is 30.4 Å². The molecule has 3 heterocycles. The predicted molar refractivity (Wildman–Crippen MR) is 163 cm³/mol. The van der Waals surface area contributed by atoms with Crippen molar-refractivity contribution in [2.45, 2.75) is 56.7 Å². The lowest BCUT2D eigenvalue weighted by Gasteiger charge is -2.29. The van der Waals surface area contributed by atoms with E-state index in [2.05, 4.69) is 5.32 Å². The number of aromatic nitrogens is 2. The van der Waals surface area contributed by atoms with E-state index >= 15 is 0 Å². The van der Waals surface area contributed by atoms with Gasteiger partial charge in [0.15, 0.2) is 5.82 Å². The Bertz CT molecular complexity index is 1630. The van der Waals surface area contributed by atoms with Gasteiger partial charge < -0.3 is 29.7 Å². The van der Waals surface area contributed by atoms with Crippen LogP contribution in [0.4, 0.5) is 4.79 Å². The van der Waals surface area contributed by atoms with Gasteiger partial charge in [0.2, 0.25) is 11.8 Å². The maximum absolute atomic E-state index is 13.7. The molecule has 3 aliphatic rings. The van der Waals surface area contributed by atoms with Crippen molar-refractivity contribution in [1.82, 2.24) is 25.1 Å². The molecule has 1 aromatic heterocycles. The number of hydrogen-bond acceptors (Lipinski definition) is 7. The third-order valence-electron chi connectivity index (χ3n) is 8.85. The fourth-order valence-corrected chi connectivity index (χ4v) is 6.22. The van der Waals surface area contributed by atoms with Gasteiger partial charge in [-0.05, 0) is 44.2 Å². The number of aryl methyl sites for hydroxylation is 1. The van der Waals surface area contributed by atoms with Crippen LogP contribution in [0.5, 0.6) is 11.6 Å². The fraction of sp³-hybridized carbons (Fsp3) is 0.424. The lowest BCUT2D eigenvalue weighted by Crippen LogP contribution is -2.54. The van der Waals surface area contributed by atoms with E-state index in [1.54, 1.807) is 19.1 Å². The number of aliphatic carboxylic acids is 1. The zero-order valence-electron chi connectivity index (χ0n) is 25.2. The summed E-state index contributed by atoms with van der Waals surface area (Å²) in [4.78, 5) is 52.4. The lowest BCUT2D eigenvalue weighted by molar-refractivity contribution is -0.144. The number of carbonyl (C=O) groups is 3. The summed E-state index contributed by atoms with van der Waals surface area (Å²) in [6.07, 6.45) is 6.27. The summed E-state index contributed by atoms with van der Waals surface area (Å²) >= 11 is 0. The first-order valence-corrected chi connectivity index (χ1v) is 15.0. The fourth-order valence-electron chi connectivity index (χ4n) is 6.22. The van der Waals surface area contributed by atoms with Crippen LogP contribution in [0, 0.1) is 12.8 Å². The highest BCUT2D eigenvalue weighted by Crippen LogP contribution is 2.45. The molecule has 0 radical (unpaired) electrons. The van der Waals surface area contributed by atoms with Gasteiger partial charge in [0, 0.05) is 37.6 Å². The van der Waals surface area contributed by atoms with Crippen molar-refractivity contribution in [2.75, 3.05) is 27.2 Å². The summed E-state index contributed by atoms with van der Waals surface area (Å²) in [6, 6.07) is 12.1. The topological polar surface area (TPSA) is 134 Å². The monoisotopic (exact) mass is 599 g/mol. The molecule has 2 N–H and O–H groups in total. The Hall–Kier alpha value is -4.67. The minimum absolute atomic E-state index is 0.145. The Morgan fingerprint density at radius 3 is 2.68 bits per heavy atom. The average molecular weight is 600 g/mol. The second-order valence-electron chi connectivity index (χ2n) is 11.9. The number of fused-ring (bicyclic) bond motifs is 3. The SMILES string of the molecule is COc1cc2nc(-c3ccccc3)nc(O[C@@H]3C[C@H]4C(=O)N[C@]5(C(=O)O)C[C@@H]5/C=C\CCCCN(C)C(=O)N4C3)c2cc1C. The normalized spacial score (nSPS) is 26.3. The number of hydrogen-bond donors (Lipinski definition) is 2. The molecule has 0 spiro atoms. The van der Waals surface area contributed by atoms with Gasteiger partial charge in [-0.25, -0.2) is 14.6 Å². The summed E-state index contributed by atoms with van der Waals surface area (Å²) in [5, 5.41) is 13.5. The molecule has 1 saturated heterocycles. The minimum atomic E-state index is -1.36. The Morgan fingerprint density at radius 1 is 1.14 bits per heavy atom. The number of methoxy groups -OCH3 is 1. The maximum atomic E-state index is 13.7. The number of carboxylic acid groups (broad SMARTS) is 1. The van der Waals surface area contributed by atoms with Crippen molar-refractivity contribution in [3.63, 3.8) is 0 Å². The number of benzene rings is 2. The van der Waals surface area contributed by atoms with Crippen molar-refractivity contribution in [2.24, 2.45) is 5.92 Å². The van der Waals surface area contributed by atoms with Crippen molar-refractivity contribution in [1.29, 1.82) is 0 Å². The van der Waals surface area contributed by atoms with E-state index in [9.17, 15) is 19.5 Å². The predicted octanol–water partition coefficient (Wildman–Crippen LogP) is 4.19. The van der Waals surface area contributed by atoms with Gasteiger partial charge in [-0.2, -0.15) is 4.98 Å². The summed E-state index contributed by atoms with van der Waals surface area (Å²) in [5.41, 5.74) is 0.969. The number of nitrogens with one attached hydrogen (secondary N) is 1. The first-order valence-electron chi connectivity index (χ1n) is 15.0. The molecule has 11 nitrogen and oxygen atoms in total. The number of rotatable bonds is 5. The van der Waals surface area contributed by atoms with Crippen LogP contribution in [0.2, 0.25) is 0 Å². The van der Waals surface area contributed by atoms with Crippen LogP contribution in [-0.2, 0) is 9.59 Å². The lowest BCUT2D eigenvalue weighted by atomic mass is 10.1. The van der Waals surface area contributed by atoms with Crippen LogP contribution in [-0.4, -0.2) is 87.7 Å². The number of allylic oxidation sites excluding steroid dienone is 1. The molecule has 0 unspecified atom stereocenters. The van der Waals surface area contributed by atoms with Crippen LogP contribution in [0.25, 0.3) is 22.3 Å². The number of amides is 3. The highest BCUT2D eigenvalue weighted by molar-refractivity contribution is 5.94. The molecule has 1 aliphatic carbocycles. The summed E-state index contributed by atoms with van der Waals surface area (Å²) in [5.74, 6) is -0.349. The second-order valence-corrected chi connectivity index (χ2v) is 11.9. The third-order valence-corrected chi connectivity index (χ3v) is 8.85. The molecule has 2 fully saturated rings. The molecule has 2 aromatic carbocycles. The molecular weight excluding hydrogens is 562 g/mol. The summed E-state index contributed by atoms with van der Waals surface area (Å²) in [7, 11) is 3.33. The van der Waals surface area contributed by atoms with Crippen LogP contribution in [0.1, 0.15) is 37.7 Å². The van der Waals surface area contributed by atoms with Crippen molar-refractivity contribution >= 4 is 28.8 Å². The van der Waals surface area contributed by atoms with Gasteiger partial charge in [0.25, 0.3) is 0 Å². The smallest absolute Gasteiger partial charge is 0.330 e. The summed E-state index contributed by atoms with van der Waals surface area (Å²) < 4.78 is 12.1. The van der Waals surface area contributed by atoms with Gasteiger partial charge in [-0.15, -0.1) is 0 Å². The van der Waals surface area contributed by atoms with E-state index in [4.69, 9.17) is 19.4 Å². The molecule has 3 amide bonds. The first kappa shape index (κ1) is 29.4. The molecule has 44 heavy (non-hydrogen) atoms. The van der Waals surface area contributed by atoms with Crippen LogP contribution in [0.15, 0.2) is 54.6 Å². The number of urea groups is 1. The highest BCUT2D eigenvalue weighted by atomic mass is 16.5. The van der Waals surface area contributed by atoms with Crippen LogP contribution < -0.4 is 14.8 Å². The van der Waals surface area contributed by atoms with Crippen LogP contribution in [0.3, 0.4) is 0 Å². The van der Waals surface area contributed by atoms with E-state index in [0.29, 0.717) is 41.3 Å². The molecule has 11 heteroatoms. The largest absolute Gasteiger partial charge is 0.496 e. The standard InChI is InChI=1S/C33H37N5O6/c1-20-15-24-25(17-27(20)43-3)34-28(21-11-7-6-8-12-21)35-30(24)44-23-16-26-29(39)36-33(31(40)41)18-22(33)13-9-4-5-10-14-37(2)32(42)38(26)19-23/h6-9,11-13,15,17,22-23,26H,4-5,10,14,16,18-19H2,1-3H3,(H,36,39)(H,40,41)/b13-9-/t22-,23+,26-,33+/m0/s1. The molecule has 6 rings (SSSR count). The summed E-state index contributed by atoms with van der Waals surface area (Å²) in [6.45, 7) is 2.62. The third kappa shape index (κ3) is 5.54. The van der Waals surface area contributed by atoms with E-state index in [1.807, 2.05) is 61.5 Å². The molecule has 230 valence electrons. The molecule has 1 saturated carbocycles. The second kappa shape index (κ2) is 11.8. The zero-order valence-corrected chi connectivity index (χ0v) is 25.2. The number of nitrogens with zero attached hydrogens (tertiary/aromatic N) is 4. The van der Waals surface area contributed by atoms with Gasteiger partial charge in [0.1, 0.15) is 23.4 Å². The van der Waals surface area contributed by atoms with Crippen molar-refractivity contribution in [3.8, 4) is 23.0 Å². The van der Waals surface area contributed by atoms with E-state index in [-0.39, 0.29) is 24.9 Å². The molecule has 2 aliphatic heterocycles. The Kier molecular flexibility index (Phi) is 7.87. The zero-order chi connectivity index (χ0) is 31.0. The molecule has 3 aromatic rings. The first-order chi connectivity index (χ1) is 21.2. The quantitative estimate of drug-likeness (QED) is 0.417. The maximum Gasteiger partial charge on any atom is 0.330 e. The van der Waals surface area contributed by atoms with Crippen molar-refractivity contribution < 1.29 is 29.0 Å². The van der Waals surface area contributed by atoms with Crippen molar-refractivity contribution in [3.05, 3.63) is 60.2 Å². The Labute approximate surface area is 255 Å².